The summed E-state index contributed by atoms with van der Waals surface area (Å²) in [6.07, 6.45) is 9.18. The Hall–Kier alpha value is -1.10. The molecule has 0 aliphatic heterocycles. The summed E-state index contributed by atoms with van der Waals surface area (Å²) >= 11 is 0. The molecular formula is C21H41NO4. The molecule has 0 rings (SSSR count). The fourth-order valence-electron chi connectivity index (χ4n) is 2.78. The molecule has 0 bridgehead atoms. The fourth-order valence-corrected chi connectivity index (χ4v) is 2.78. The van der Waals surface area contributed by atoms with Gasteiger partial charge in [0.05, 0.1) is 13.2 Å². The van der Waals surface area contributed by atoms with E-state index in [1.165, 1.54) is 0 Å². The highest BCUT2D eigenvalue weighted by molar-refractivity contribution is 5.77. The van der Waals surface area contributed by atoms with Crippen LogP contribution in [-0.2, 0) is 19.1 Å². The van der Waals surface area contributed by atoms with Gasteiger partial charge in [0.25, 0.3) is 0 Å². The van der Waals surface area contributed by atoms with E-state index in [4.69, 9.17) is 15.2 Å². The van der Waals surface area contributed by atoms with Crippen molar-refractivity contribution in [1.82, 2.24) is 0 Å². The average molecular weight is 372 g/mol. The van der Waals surface area contributed by atoms with E-state index < -0.39 is 12.0 Å². The average Bonchev–Trinajstić information content (AvgIpc) is 2.66. The Bertz CT molecular complexity index is 373. The maximum Gasteiger partial charge on any atom is 0.322 e. The topological polar surface area (TPSA) is 78.6 Å². The van der Waals surface area contributed by atoms with Crippen molar-refractivity contribution < 1.29 is 19.1 Å². The quantitative estimate of drug-likeness (QED) is 0.401. The predicted octanol–water partition coefficient (Wildman–Crippen LogP) is 4.61. The number of carbonyl (C=O) groups excluding carboxylic acids is 2. The zero-order chi connectivity index (χ0) is 19.8. The molecule has 5 heteroatoms. The fraction of sp³-hybridized carbons (Fsp3) is 0.905. The second-order valence-corrected chi connectivity index (χ2v) is 7.29. The molecule has 3 atom stereocenters. The Kier molecular flexibility index (Phi) is 15.4. The Morgan fingerprint density at radius 2 is 1.31 bits per heavy atom. The van der Waals surface area contributed by atoms with Gasteiger partial charge >= 0.3 is 11.9 Å². The van der Waals surface area contributed by atoms with Crippen molar-refractivity contribution in [3.8, 4) is 0 Å². The number of nitrogens with two attached hydrogens (primary N) is 1. The zero-order valence-electron chi connectivity index (χ0n) is 17.4. The molecule has 154 valence electrons. The normalized spacial score (nSPS) is 14.5. The largest absolute Gasteiger partial charge is 0.465 e. The Balaban J connectivity index is 4.01. The molecule has 0 saturated carbocycles. The lowest BCUT2D eigenvalue weighted by Gasteiger charge is -2.17. The van der Waals surface area contributed by atoms with Gasteiger partial charge in [-0.25, -0.2) is 0 Å². The summed E-state index contributed by atoms with van der Waals surface area (Å²) in [5, 5.41) is 0. The molecular weight excluding hydrogens is 330 g/mol. The lowest BCUT2D eigenvalue weighted by atomic mass is 10.0. The van der Waals surface area contributed by atoms with Crippen LogP contribution in [0.3, 0.4) is 0 Å². The van der Waals surface area contributed by atoms with Crippen molar-refractivity contribution >= 4 is 11.9 Å². The first kappa shape index (κ1) is 24.9. The van der Waals surface area contributed by atoms with Crippen LogP contribution in [0.1, 0.15) is 91.9 Å². The minimum atomic E-state index is -0.756. The number of hydrogen-bond acceptors (Lipinski definition) is 5. The van der Waals surface area contributed by atoms with Gasteiger partial charge in [0, 0.05) is 6.42 Å². The smallest absolute Gasteiger partial charge is 0.322 e. The van der Waals surface area contributed by atoms with Crippen LogP contribution in [0.2, 0.25) is 0 Å². The third-order valence-corrected chi connectivity index (χ3v) is 4.99. The summed E-state index contributed by atoms with van der Waals surface area (Å²) in [6, 6.07) is -0.756. The molecule has 0 fully saturated rings. The highest BCUT2D eigenvalue weighted by Gasteiger charge is 2.19. The lowest BCUT2D eigenvalue weighted by Crippen LogP contribution is -2.34. The third-order valence-electron chi connectivity index (χ3n) is 4.99. The zero-order valence-corrected chi connectivity index (χ0v) is 17.4. The summed E-state index contributed by atoms with van der Waals surface area (Å²) in [7, 11) is 0. The van der Waals surface area contributed by atoms with E-state index in [1.807, 2.05) is 0 Å². The van der Waals surface area contributed by atoms with Crippen LogP contribution in [0, 0.1) is 11.8 Å². The van der Waals surface area contributed by atoms with Crippen LogP contribution in [-0.4, -0.2) is 31.2 Å². The Morgan fingerprint density at radius 3 is 1.77 bits per heavy atom. The number of rotatable bonds is 16. The molecule has 0 spiro atoms. The Morgan fingerprint density at radius 1 is 0.808 bits per heavy atom. The summed E-state index contributed by atoms with van der Waals surface area (Å²) in [5.74, 6) is 0.122. The standard InChI is InChI=1S/C21H41NO4/c1-5-9-11-17(7-3)15-25-20(23)14-13-19(22)21(24)26-16-18(8-4)12-10-6-2/h17-19H,5-16,22H2,1-4H3/t17?,18?,19-/m0/s1. The molecule has 0 aliphatic rings. The number of unbranched alkanes of at least 4 members (excludes halogenated alkanes) is 2. The molecule has 26 heavy (non-hydrogen) atoms. The third kappa shape index (κ3) is 12.3. The number of hydrogen-bond donors (Lipinski definition) is 1. The maximum absolute atomic E-state index is 12.0. The summed E-state index contributed by atoms with van der Waals surface area (Å²) in [6.45, 7) is 9.41. The van der Waals surface area contributed by atoms with Gasteiger partial charge in [-0.2, -0.15) is 0 Å². The first-order valence-corrected chi connectivity index (χ1v) is 10.6. The van der Waals surface area contributed by atoms with Crippen molar-refractivity contribution in [3.63, 3.8) is 0 Å². The minimum Gasteiger partial charge on any atom is -0.465 e. The molecule has 0 amide bonds. The maximum atomic E-state index is 12.0. The van der Waals surface area contributed by atoms with E-state index >= 15 is 0 Å². The molecule has 0 aromatic carbocycles. The van der Waals surface area contributed by atoms with Crippen LogP contribution in [0.25, 0.3) is 0 Å². The van der Waals surface area contributed by atoms with E-state index in [0.717, 1.165) is 51.4 Å². The van der Waals surface area contributed by atoms with Gasteiger partial charge in [0.15, 0.2) is 0 Å². The van der Waals surface area contributed by atoms with E-state index in [1.54, 1.807) is 0 Å². The van der Waals surface area contributed by atoms with E-state index in [0.29, 0.717) is 25.0 Å². The molecule has 5 nitrogen and oxygen atoms in total. The highest BCUT2D eigenvalue weighted by atomic mass is 16.5. The Labute approximate surface area is 160 Å². The van der Waals surface area contributed by atoms with Crippen molar-refractivity contribution in [1.29, 1.82) is 0 Å². The van der Waals surface area contributed by atoms with Gasteiger partial charge in [-0.05, 0) is 31.1 Å². The van der Waals surface area contributed by atoms with E-state index in [9.17, 15) is 9.59 Å². The molecule has 0 aromatic rings. The number of ether oxygens (including phenoxy) is 2. The summed E-state index contributed by atoms with van der Waals surface area (Å²) in [4.78, 5) is 23.8. The molecule has 2 N–H and O–H groups in total. The minimum absolute atomic E-state index is 0.160. The van der Waals surface area contributed by atoms with Gasteiger partial charge < -0.3 is 15.2 Å². The number of esters is 2. The molecule has 0 aromatic heterocycles. The monoisotopic (exact) mass is 371 g/mol. The van der Waals surface area contributed by atoms with Crippen molar-refractivity contribution in [2.45, 2.75) is 97.9 Å². The predicted molar refractivity (Wildman–Crippen MR) is 106 cm³/mol. The molecule has 0 heterocycles. The van der Waals surface area contributed by atoms with Gasteiger partial charge in [0.2, 0.25) is 0 Å². The van der Waals surface area contributed by atoms with Crippen LogP contribution in [0.4, 0.5) is 0 Å². The number of carbonyl (C=O) groups is 2. The van der Waals surface area contributed by atoms with Gasteiger partial charge in [-0.3, -0.25) is 9.59 Å². The molecule has 0 saturated heterocycles. The van der Waals surface area contributed by atoms with E-state index in [-0.39, 0.29) is 18.8 Å². The van der Waals surface area contributed by atoms with Crippen LogP contribution in [0.5, 0.6) is 0 Å². The SMILES string of the molecule is CCCCC(CC)COC(=O)CC[C@H](N)C(=O)OCC(CC)CCCC. The van der Waals surface area contributed by atoms with Crippen LogP contribution >= 0.6 is 0 Å². The van der Waals surface area contributed by atoms with Crippen molar-refractivity contribution in [3.05, 3.63) is 0 Å². The first-order chi connectivity index (χ1) is 12.5. The lowest BCUT2D eigenvalue weighted by molar-refractivity contribution is -0.148. The second-order valence-electron chi connectivity index (χ2n) is 7.29. The van der Waals surface area contributed by atoms with Crippen molar-refractivity contribution in [2.75, 3.05) is 13.2 Å². The summed E-state index contributed by atoms with van der Waals surface area (Å²) in [5.41, 5.74) is 5.86. The first-order valence-electron chi connectivity index (χ1n) is 10.6. The molecule has 0 radical (unpaired) electrons. The second kappa shape index (κ2) is 16.1. The highest BCUT2D eigenvalue weighted by Crippen LogP contribution is 2.15. The molecule has 2 unspecified atom stereocenters. The van der Waals surface area contributed by atoms with Gasteiger partial charge in [-0.1, -0.05) is 66.2 Å². The van der Waals surface area contributed by atoms with Gasteiger partial charge in [0.1, 0.15) is 6.04 Å². The van der Waals surface area contributed by atoms with Gasteiger partial charge in [-0.15, -0.1) is 0 Å². The van der Waals surface area contributed by atoms with Crippen LogP contribution < -0.4 is 5.73 Å². The summed E-state index contributed by atoms with van der Waals surface area (Å²) < 4.78 is 10.7. The van der Waals surface area contributed by atoms with E-state index in [2.05, 4.69) is 27.7 Å². The molecule has 0 aliphatic carbocycles. The van der Waals surface area contributed by atoms with Crippen molar-refractivity contribution in [2.24, 2.45) is 17.6 Å². The van der Waals surface area contributed by atoms with Crippen LogP contribution in [0.15, 0.2) is 0 Å².